The molecule has 2 N–H and O–H groups in total. The predicted molar refractivity (Wildman–Crippen MR) is 59.5 cm³/mol. The molecule has 3 amide bonds. The van der Waals surface area contributed by atoms with Crippen LogP contribution in [0.3, 0.4) is 0 Å². The highest BCUT2D eigenvalue weighted by Gasteiger charge is 2.17. The highest BCUT2D eigenvalue weighted by Crippen LogP contribution is 2.25. The summed E-state index contributed by atoms with van der Waals surface area (Å²) in [5.74, 6) is 0. The molecule has 82 valence electrons. The first-order chi connectivity index (χ1) is 7.83. The average Bonchev–Trinajstić information content (AvgIpc) is 2.35. The van der Waals surface area contributed by atoms with E-state index in [-0.39, 0.29) is 0 Å². The Morgan fingerprint density at radius 3 is 3.00 bits per heavy atom. The van der Waals surface area contributed by atoms with Crippen molar-refractivity contribution in [3.05, 3.63) is 42.1 Å². The zero-order valence-electron chi connectivity index (χ0n) is 8.51. The molecule has 0 bridgehead atoms. The van der Waals surface area contributed by atoms with Gasteiger partial charge in [-0.2, -0.15) is 0 Å². The Kier molecular flexibility index (Phi) is 2.86. The molecular weight excluding hydrogens is 206 g/mol. The zero-order valence-corrected chi connectivity index (χ0v) is 8.51. The molecule has 2 rings (SSSR count). The molecule has 5 nitrogen and oxygen atoms in total. The first kappa shape index (κ1) is 10.2. The summed E-state index contributed by atoms with van der Waals surface area (Å²) >= 11 is 0. The third kappa shape index (κ3) is 1.88. The molecule has 1 aromatic rings. The molecule has 5 heteroatoms. The van der Waals surface area contributed by atoms with E-state index in [1.54, 1.807) is 6.20 Å². The second-order valence-electron chi connectivity index (χ2n) is 3.28. The van der Waals surface area contributed by atoms with E-state index in [9.17, 15) is 9.59 Å². The average molecular weight is 217 g/mol. The highest BCUT2D eigenvalue weighted by atomic mass is 16.2. The van der Waals surface area contributed by atoms with Crippen molar-refractivity contribution in [3.8, 4) is 0 Å². The smallest absolute Gasteiger partial charge is 0.277 e. The minimum Gasteiger partial charge on any atom is -0.277 e. The molecule has 1 heterocycles. The second-order valence-corrected chi connectivity index (χ2v) is 3.28. The third-order valence-electron chi connectivity index (χ3n) is 2.30. The minimum atomic E-state index is -0.393. The number of carbonyl (C=O) groups is 2. The van der Waals surface area contributed by atoms with Crippen LogP contribution in [0, 0.1) is 0 Å². The Morgan fingerprint density at radius 2 is 2.19 bits per heavy atom. The number of benzene rings is 1. The van der Waals surface area contributed by atoms with Gasteiger partial charge >= 0.3 is 6.03 Å². The topological polar surface area (TPSA) is 61.4 Å². The second kappa shape index (κ2) is 4.48. The molecule has 0 aromatic heterocycles. The van der Waals surface area contributed by atoms with Gasteiger partial charge in [0.1, 0.15) is 0 Å². The number of allylic oxidation sites excluding steroid dienone is 1. The number of para-hydroxylation sites is 1. The highest BCUT2D eigenvalue weighted by molar-refractivity contribution is 5.95. The molecule has 0 unspecified atom stereocenters. The summed E-state index contributed by atoms with van der Waals surface area (Å²) in [7, 11) is 0. The Bertz CT molecular complexity index is 443. The Labute approximate surface area is 92.7 Å². The number of hydrazine groups is 1. The monoisotopic (exact) mass is 217 g/mol. The first-order valence-corrected chi connectivity index (χ1v) is 4.86. The largest absolute Gasteiger partial charge is 0.344 e. The van der Waals surface area contributed by atoms with Crippen LogP contribution in [-0.2, 0) is 11.2 Å². The molecule has 1 aliphatic heterocycles. The van der Waals surface area contributed by atoms with Crippen LogP contribution < -0.4 is 15.8 Å². The molecule has 0 fully saturated rings. The quantitative estimate of drug-likeness (QED) is 0.572. The van der Waals surface area contributed by atoms with E-state index in [2.05, 4.69) is 10.9 Å². The molecule has 0 aliphatic carbocycles. The molecule has 1 aromatic carbocycles. The number of urea groups is 1. The van der Waals surface area contributed by atoms with E-state index < -0.39 is 6.03 Å². The first-order valence-electron chi connectivity index (χ1n) is 4.86. The summed E-state index contributed by atoms with van der Waals surface area (Å²) in [5, 5.41) is 0. The van der Waals surface area contributed by atoms with Crippen molar-refractivity contribution in [2.24, 2.45) is 0 Å². The van der Waals surface area contributed by atoms with Gasteiger partial charge in [0.2, 0.25) is 6.41 Å². The molecule has 0 saturated carbocycles. The molecule has 0 spiro atoms. The molecular formula is C11H11N3O2. The van der Waals surface area contributed by atoms with E-state index in [4.69, 9.17) is 0 Å². The van der Waals surface area contributed by atoms with Crippen LogP contribution in [0.5, 0.6) is 0 Å². The third-order valence-corrected chi connectivity index (χ3v) is 2.30. The Balaban J connectivity index is 2.22. The summed E-state index contributed by atoms with van der Waals surface area (Å²) < 4.78 is 0. The van der Waals surface area contributed by atoms with Gasteiger partial charge in [-0.3, -0.25) is 15.1 Å². The fourth-order valence-electron chi connectivity index (χ4n) is 1.61. The van der Waals surface area contributed by atoms with Crippen molar-refractivity contribution in [2.45, 2.75) is 6.42 Å². The number of hydrogen-bond acceptors (Lipinski definition) is 2. The Morgan fingerprint density at radius 1 is 1.38 bits per heavy atom. The standard InChI is InChI=1S/C11H11N3O2/c15-8-12-13-11(16)14-7-3-5-9-4-1-2-6-10(9)14/h1-4,6-8H,5H2,(H,12,15)(H,13,16). The maximum atomic E-state index is 11.7. The van der Waals surface area contributed by atoms with E-state index >= 15 is 0 Å². The predicted octanol–water partition coefficient (Wildman–Crippen LogP) is 0.933. The molecule has 16 heavy (non-hydrogen) atoms. The number of nitrogens with zero attached hydrogens (tertiary/aromatic N) is 1. The number of rotatable bonds is 2. The minimum absolute atomic E-state index is 0.393. The van der Waals surface area contributed by atoms with Gasteiger partial charge in [-0.25, -0.2) is 10.2 Å². The van der Waals surface area contributed by atoms with E-state index in [0.29, 0.717) is 6.41 Å². The summed E-state index contributed by atoms with van der Waals surface area (Å²) in [5.41, 5.74) is 6.29. The summed E-state index contributed by atoms with van der Waals surface area (Å²) in [4.78, 5) is 23.2. The van der Waals surface area contributed by atoms with E-state index in [1.807, 2.05) is 30.3 Å². The van der Waals surface area contributed by atoms with Gasteiger partial charge in [-0.1, -0.05) is 24.3 Å². The van der Waals surface area contributed by atoms with Gasteiger partial charge < -0.3 is 0 Å². The van der Waals surface area contributed by atoms with Crippen molar-refractivity contribution in [1.29, 1.82) is 0 Å². The normalized spacial score (nSPS) is 12.9. The summed E-state index contributed by atoms with van der Waals surface area (Å²) in [6.07, 6.45) is 4.80. The van der Waals surface area contributed by atoms with Crippen LogP contribution in [0.2, 0.25) is 0 Å². The van der Waals surface area contributed by atoms with Gasteiger partial charge in [-0.05, 0) is 18.1 Å². The Hall–Kier alpha value is -2.30. The maximum absolute atomic E-state index is 11.7. The molecule has 1 aliphatic rings. The fraction of sp³-hybridized carbons (Fsp3) is 0.0909. The van der Waals surface area contributed by atoms with Crippen molar-refractivity contribution >= 4 is 18.1 Å². The molecule has 0 radical (unpaired) electrons. The lowest BCUT2D eigenvalue weighted by Gasteiger charge is -2.24. The van der Waals surface area contributed by atoms with Crippen LogP contribution in [0.1, 0.15) is 5.56 Å². The summed E-state index contributed by atoms with van der Waals surface area (Å²) in [6.45, 7) is 0. The number of hydrogen-bond donors (Lipinski definition) is 2. The van der Waals surface area contributed by atoms with Gasteiger partial charge in [0, 0.05) is 6.20 Å². The van der Waals surface area contributed by atoms with Crippen molar-refractivity contribution in [3.63, 3.8) is 0 Å². The van der Waals surface area contributed by atoms with Gasteiger partial charge in [0.05, 0.1) is 5.69 Å². The summed E-state index contributed by atoms with van der Waals surface area (Å²) in [6, 6.07) is 7.23. The van der Waals surface area contributed by atoms with Crippen LogP contribution in [0.25, 0.3) is 0 Å². The van der Waals surface area contributed by atoms with Gasteiger partial charge in [-0.15, -0.1) is 0 Å². The van der Waals surface area contributed by atoms with Crippen LogP contribution in [-0.4, -0.2) is 12.4 Å². The van der Waals surface area contributed by atoms with Crippen LogP contribution in [0.15, 0.2) is 36.5 Å². The van der Waals surface area contributed by atoms with Crippen molar-refractivity contribution < 1.29 is 9.59 Å². The number of carbonyl (C=O) groups excluding carboxylic acids is 2. The lowest BCUT2D eigenvalue weighted by atomic mass is 10.1. The zero-order chi connectivity index (χ0) is 11.4. The number of anilines is 1. The van der Waals surface area contributed by atoms with E-state index in [1.165, 1.54) is 4.90 Å². The fourth-order valence-corrected chi connectivity index (χ4v) is 1.61. The number of nitrogens with one attached hydrogen (secondary N) is 2. The van der Waals surface area contributed by atoms with Crippen molar-refractivity contribution in [2.75, 3.05) is 4.90 Å². The maximum Gasteiger partial charge on any atom is 0.344 e. The lowest BCUT2D eigenvalue weighted by Crippen LogP contribution is -2.44. The van der Waals surface area contributed by atoms with Gasteiger partial charge in [0.25, 0.3) is 0 Å². The number of amides is 3. The molecule has 0 saturated heterocycles. The van der Waals surface area contributed by atoms with Crippen LogP contribution >= 0.6 is 0 Å². The number of fused-ring (bicyclic) bond motifs is 1. The van der Waals surface area contributed by atoms with Gasteiger partial charge in [0.15, 0.2) is 0 Å². The van der Waals surface area contributed by atoms with E-state index in [0.717, 1.165) is 17.7 Å². The SMILES string of the molecule is O=CNNC(=O)N1C=CCc2ccccc21. The van der Waals surface area contributed by atoms with Crippen LogP contribution in [0.4, 0.5) is 10.5 Å². The molecule has 0 atom stereocenters. The lowest BCUT2D eigenvalue weighted by molar-refractivity contribution is -0.110. The van der Waals surface area contributed by atoms with Crippen molar-refractivity contribution in [1.82, 2.24) is 10.9 Å².